The minimum absolute atomic E-state index is 0. The van der Waals surface area contributed by atoms with Crippen LogP contribution in [0.5, 0.6) is 0 Å². The van der Waals surface area contributed by atoms with Gasteiger partial charge in [-0.15, -0.1) is 24.8 Å². The highest BCUT2D eigenvalue weighted by Gasteiger charge is 2.28. The summed E-state index contributed by atoms with van der Waals surface area (Å²) >= 11 is 0. The van der Waals surface area contributed by atoms with Gasteiger partial charge < -0.3 is 16.0 Å². The van der Waals surface area contributed by atoms with E-state index in [9.17, 15) is 4.79 Å². The number of hydrogen-bond acceptors (Lipinski definition) is 3. The highest BCUT2D eigenvalue weighted by molar-refractivity contribution is 5.95. The Hall–Kier alpha value is -0.970. The molecular weight excluding hydrogens is 345 g/mol. The van der Waals surface area contributed by atoms with Crippen molar-refractivity contribution in [2.24, 2.45) is 11.7 Å². The van der Waals surface area contributed by atoms with E-state index in [1.165, 1.54) is 0 Å². The molecule has 0 aliphatic carbocycles. The van der Waals surface area contributed by atoms with Gasteiger partial charge in [0, 0.05) is 30.9 Å². The van der Waals surface area contributed by atoms with Crippen molar-refractivity contribution in [1.29, 1.82) is 0 Å². The molecule has 0 aromatic heterocycles. The van der Waals surface area contributed by atoms with Crippen molar-refractivity contribution in [2.75, 3.05) is 24.5 Å². The van der Waals surface area contributed by atoms with Crippen molar-refractivity contribution in [2.45, 2.75) is 46.6 Å². The topological polar surface area (TPSA) is 58.4 Å². The number of carbonyl (C=O) groups excluding carboxylic acids is 1. The molecule has 4 nitrogen and oxygen atoms in total. The third-order valence-electron chi connectivity index (χ3n) is 4.47. The number of halogens is 2. The van der Waals surface area contributed by atoms with E-state index in [0.29, 0.717) is 12.1 Å². The fraction of sp³-hybridized carbons (Fsp3) is 0.611. The normalized spacial score (nSPS) is 12.6. The molecule has 0 fully saturated rings. The number of amides is 1. The van der Waals surface area contributed by atoms with Gasteiger partial charge in [-0.05, 0) is 50.5 Å². The van der Waals surface area contributed by atoms with E-state index >= 15 is 0 Å². The highest BCUT2D eigenvalue weighted by Crippen LogP contribution is 2.18. The Morgan fingerprint density at radius 3 is 2.12 bits per heavy atom. The van der Waals surface area contributed by atoms with Crippen LogP contribution in [0.1, 0.15) is 51.4 Å². The van der Waals surface area contributed by atoms with E-state index in [1.54, 1.807) is 0 Å². The van der Waals surface area contributed by atoms with Crippen LogP contribution in [0.25, 0.3) is 0 Å². The Labute approximate surface area is 159 Å². The van der Waals surface area contributed by atoms with Gasteiger partial charge in [-0.25, -0.2) is 0 Å². The van der Waals surface area contributed by atoms with Gasteiger partial charge in [-0.2, -0.15) is 0 Å². The summed E-state index contributed by atoms with van der Waals surface area (Å²) in [7, 11) is 0. The van der Waals surface area contributed by atoms with Crippen LogP contribution in [0.4, 0.5) is 5.69 Å². The molecule has 140 valence electrons. The average Bonchev–Trinajstić information content (AvgIpc) is 2.52. The number of nitrogens with two attached hydrogens (primary N) is 1. The molecule has 3 N–H and O–H groups in total. The van der Waals surface area contributed by atoms with Crippen LogP contribution in [0.2, 0.25) is 0 Å². The molecule has 1 amide bonds. The van der Waals surface area contributed by atoms with E-state index in [1.807, 2.05) is 31.2 Å². The van der Waals surface area contributed by atoms with E-state index in [-0.39, 0.29) is 42.2 Å². The van der Waals surface area contributed by atoms with Crippen molar-refractivity contribution in [3.05, 3.63) is 29.8 Å². The Morgan fingerprint density at radius 1 is 1.21 bits per heavy atom. The number of benzene rings is 1. The van der Waals surface area contributed by atoms with E-state index in [0.717, 1.165) is 25.2 Å². The Balaban J connectivity index is 0. The molecule has 1 aromatic carbocycles. The lowest BCUT2D eigenvalue weighted by molar-refractivity contribution is 0.0883. The number of rotatable bonds is 8. The number of nitrogens with zero attached hydrogens (tertiary/aromatic N) is 1. The first-order chi connectivity index (χ1) is 10.4. The fourth-order valence-corrected chi connectivity index (χ4v) is 2.33. The van der Waals surface area contributed by atoms with Crippen molar-refractivity contribution >= 4 is 36.4 Å². The monoisotopic (exact) mass is 377 g/mol. The number of hydrogen-bond donors (Lipinski definition) is 2. The van der Waals surface area contributed by atoms with E-state index in [2.05, 4.69) is 37.9 Å². The third kappa shape index (κ3) is 6.50. The number of nitrogens with one attached hydrogen (secondary N) is 1. The number of carbonyl (C=O) groups is 1. The maximum Gasteiger partial charge on any atom is 0.251 e. The standard InChI is InChI=1S/C18H31N3O.2ClH/c1-6-12-21(7-2)16-10-8-15(9-11-16)17(22)20-18(5,13-19)14(3)4;;/h8-11,14H,6-7,12-13,19H2,1-5H3,(H,20,22);2*1H. The minimum atomic E-state index is -0.382. The summed E-state index contributed by atoms with van der Waals surface area (Å²) in [6.45, 7) is 12.9. The predicted octanol–water partition coefficient (Wildman–Crippen LogP) is 3.87. The molecular formula is C18H33Cl2N3O. The summed E-state index contributed by atoms with van der Waals surface area (Å²) in [6.07, 6.45) is 1.11. The quantitative estimate of drug-likeness (QED) is 0.722. The smallest absolute Gasteiger partial charge is 0.251 e. The van der Waals surface area contributed by atoms with Crippen LogP contribution in [0.3, 0.4) is 0 Å². The summed E-state index contributed by atoms with van der Waals surface area (Å²) in [5.41, 5.74) is 7.28. The zero-order valence-corrected chi connectivity index (χ0v) is 17.1. The Morgan fingerprint density at radius 2 is 1.75 bits per heavy atom. The molecule has 1 unspecified atom stereocenters. The minimum Gasteiger partial charge on any atom is -0.372 e. The lowest BCUT2D eigenvalue weighted by Gasteiger charge is -2.33. The van der Waals surface area contributed by atoms with Gasteiger partial charge in [0.25, 0.3) is 5.91 Å². The zero-order chi connectivity index (χ0) is 16.8. The first-order valence-electron chi connectivity index (χ1n) is 8.25. The molecule has 1 aromatic rings. The van der Waals surface area contributed by atoms with Crippen LogP contribution in [-0.2, 0) is 0 Å². The molecule has 1 atom stereocenters. The lowest BCUT2D eigenvalue weighted by atomic mass is 9.88. The van der Waals surface area contributed by atoms with Gasteiger partial charge >= 0.3 is 0 Å². The van der Waals surface area contributed by atoms with Gasteiger partial charge in [0.15, 0.2) is 0 Å². The first kappa shape index (κ1) is 25.3. The summed E-state index contributed by atoms with van der Waals surface area (Å²) in [5, 5.41) is 3.07. The molecule has 0 aliphatic heterocycles. The summed E-state index contributed by atoms with van der Waals surface area (Å²) in [5.74, 6) is 0.215. The maximum atomic E-state index is 12.4. The van der Waals surface area contributed by atoms with Crippen LogP contribution in [0, 0.1) is 5.92 Å². The molecule has 0 bridgehead atoms. The molecule has 0 heterocycles. The second-order valence-electron chi connectivity index (χ2n) is 6.36. The highest BCUT2D eigenvalue weighted by atomic mass is 35.5. The SMILES string of the molecule is CCCN(CC)c1ccc(C(=O)NC(C)(CN)C(C)C)cc1.Cl.Cl. The van der Waals surface area contributed by atoms with Crippen LogP contribution < -0.4 is 16.0 Å². The average molecular weight is 378 g/mol. The molecule has 0 saturated heterocycles. The molecule has 24 heavy (non-hydrogen) atoms. The second kappa shape index (κ2) is 11.6. The molecule has 1 rings (SSSR count). The van der Waals surface area contributed by atoms with Crippen LogP contribution in [0.15, 0.2) is 24.3 Å². The van der Waals surface area contributed by atoms with Crippen molar-refractivity contribution in [3.8, 4) is 0 Å². The molecule has 0 aliphatic rings. The summed E-state index contributed by atoms with van der Waals surface area (Å²) in [6, 6.07) is 7.81. The maximum absolute atomic E-state index is 12.4. The number of anilines is 1. The Bertz CT molecular complexity index is 480. The predicted molar refractivity (Wildman–Crippen MR) is 109 cm³/mol. The summed E-state index contributed by atoms with van der Waals surface area (Å²) < 4.78 is 0. The second-order valence-corrected chi connectivity index (χ2v) is 6.36. The summed E-state index contributed by atoms with van der Waals surface area (Å²) in [4.78, 5) is 14.7. The van der Waals surface area contributed by atoms with Gasteiger partial charge in [0.2, 0.25) is 0 Å². The largest absolute Gasteiger partial charge is 0.372 e. The van der Waals surface area contributed by atoms with Gasteiger partial charge in [0.1, 0.15) is 0 Å². The molecule has 0 radical (unpaired) electrons. The molecule has 0 saturated carbocycles. The van der Waals surface area contributed by atoms with E-state index in [4.69, 9.17) is 5.73 Å². The van der Waals surface area contributed by atoms with Gasteiger partial charge in [0.05, 0.1) is 5.54 Å². The zero-order valence-electron chi connectivity index (χ0n) is 15.5. The van der Waals surface area contributed by atoms with Crippen LogP contribution in [-0.4, -0.2) is 31.1 Å². The molecule has 0 spiro atoms. The molecule has 6 heteroatoms. The van der Waals surface area contributed by atoms with Crippen molar-refractivity contribution < 1.29 is 4.79 Å². The third-order valence-corrected chi connectivity index (χ3v) is 4.47. The Kier molecular flexibility index (Phi) is 12.2. The van der Waals surface area contributed by atoms with Crippen molar-refractivity contribution in [1.82, 2.24) is 5.32 Å². The first-order valence-corrected chi connectivity index (χ1v) is 8.25. The van der Waals surface area contributed by atoms with Crippen LogP contribution >= 0.6 is 24.8 Å². The van der Waals surface area contributed by atoms with Gasteiger partial charge in [-0.3, -0.25) is 4.79 Å². The van der Waals surface area contributed by atoms with Gasteiger partial charge in [-0.1, -0.05) is 20.8 Å². The van der Waals surface area contributed by atoms with Crippen molar-refractivity contribution in [3.63, 3.8) is 0 Å². The van der Waals surface area contributed by atoms with E-state index < -0.39 is 0 Å². The fourth-order valence-electron chi connectivity index (χ4n) is 2.33. The lowest BCUT2D eigenvalue weighted by Crippen LogP contribution is -2.55.